The van der Waals surface area contributed by atoms with E-state index in [1.54, 1.807) is 29.2 Å². The van der Waals surface area contributed by atoms with Gasteiger partial charge in [0.2, 0.25) is 11.8 Å². The van der Waals surface area contributed by atoms with E-state index in [9.17, 15) is 14.4 Å². The second-order valence-electron chi connectivity index (χ2n) is 5.20. The predicted octanol–water partition coefficient (Wildman–Crippen LogP) is 2.44. The summed E-state index contributed by atoms with van der Waals surface area (Å²) in [4.78, 5) is 37.2. The van der Waals surface area contributed by atoms with E-state index in [4.69, 9.17) is 12.2 Å². The summed E-state index contributed by atoms with van der Waals surface area (Å²) >= 11 is 6.52. The Kier molecular flexibility index (Phi) is 6.33. The molecule has 1 aliphatic heterocycles. The second-order valence-corrected chi connectivity index (χ2v) is 7.18. The van der Waals surface area contributed by atoms with Crippen molar-refractivity contribution >= 4 is 51.8 Å². The summed E-state index contributed by atoms with van der Waals surface area (Å²) in [6.07, 6.45) is 0.715. The van der Waals surface area contributed by atoms with Crippen LogP contribution in [0.2, 0.25) is 0 Å². The van der Waals surface area contributed by atoms with Crippen molar-refractivity contribution in [2.45, 2.75) is 25.0 Å². The van der Waals surface area contributed by atoms with Crippen molar-refractivity contribution < 1.29 is 19.1 Å². The number of hydrogen-bond acceptors (Lipinski definition) is 6. The molecule has 1 N–H and O–H groups in total. The fourth-order valence-corrected chi connectivity index (χ4v) is 3.72. The highest BCUT2D eigenvalue weighted by Gasteiger charge is 2.33. The number of anilines is 1. The maximum absolute atomic E-state index is 12.1. The van der Waals surface area contributed by atoms with Gasteiger partial charge in [-0.05, 0) is 25.5 Å². The molecule has 0 aliphatic carbocycles. The van der Waals surface area contributed by atoms with Gasteiger partial charge < -0.3 is 10.1 Å². The molecule has 128 valence electrons. The van der Waals surface area contributed by atoms with Crippen molar-refractivity contribution in [3.63, 3.8) is 0 Å². The molecule has 0 aromatic heterocycles. The van der Waals surface area contributed by atoms with Gasteiger partial charge in [-0.15, -0.1) is 0 Å². The molecule has 1 unspecified atom stereocenters. The van der Waals surface area contributed by atoms with Crippen LogP contribution in [-0.2, 0) is 14.3 Å². The topological polar surface area (TPSA) is 75.7 Å². The van der Waals surface area contributed by atoms with Crippen molar-refractivity contribution in [3.8, 4) is 0 Å². The third kappa shape index (κ3) is 4.33. The van der Waals surface area contributed by atoms with Gasteiger partial charge in [-0.1, -0.05) is 36.1 Å². The quantitative estimate of drug-likeness (QED) is 0.616. The number of ether oxygens (including phenoxy) is 1. The highest BCUT2D eigenvalue weighted by atomic mass is 32.2. The fourth-order valence-electron chi connectivity index (χ4n) is 2.27. The lowest BCUT2D eigenvalue weighted by Gasteiger charge is -2.15. The maximum Gasteiger partial charge on any atom is 0.339 e. The summed E-state index contributed by atoms with van der Waals surface area (Å²) in [6, 6.07) is 6.64. The van der Waals surface area contributed by atoms with Gasteiger partial charge in [-0.3, -0.25) is 14.5 Å². The number of carbonyl (C=O) groups excluding carboxylic acids is 3. The molecule has 1 fully saturated rings. The molecule has 1 aromatic rings. The van der Waals surface area contributed by atoms with Gasteiger partial charge in [0, 0.05) is 13.0 Å². The largest absolute Gasteiger partial charge is 0.465 e. The number of benzene rings is 1. The summed E-state index contributed by atoms with van der Waals surface area (Å²) in [5.41, 5.74) is 0.709. The summed E-state index contributed by atoms with van der Waals surface area (Å²) < 4.78 is 5.25. The van der Waals surface area contributed by atoms with Gasteiger partial charge in [0.25, 0.3) is 0 Å². The zero-order valence-corrected chi connectivity index (χ0v) is 15.0. The summed E-state index contributed by atoms with van der Waals surface area (Å²) in [5.74, 6) is -0.754. The van der Waals surface area contributed by atoms with E-state index in [0.717, 1.165) is 0 Å². The smallest absolute Gasteiger partial charge is 0.339 e. The number of thiocarbonyl (C=S) groups is 1. The number of methoxy groups -OCH3 is 1. The minimum atomic E-state index is -0.509. The Balaban J connectivity index is 1.87. The molecule has 0 bridgehead atoms. The van der Waals surface area contributed by atoms with Crippen LogP contribution in [0.25, 0.3) is 0 Å². The first-order chi connectivity index (χ1) is 11.4. The normalized spacial score (nSPS) is 17.1. The SMILES string of the molecule is COC(=O)c1ccccc1NC(=O)CCCN1C(=O)C(C)SC1=S. The van der Waals surface area contributed by atoms with Crippen LogP contribution in [0.5, 0.6) is 0 Å². The van der Waals surface area contributed by atoms with Crippen molar-refractivity contribution in [2.24, 2.45) is 0 Å². The van der Waals surface area contributed by atoms with E-state index in [0.29, 0.717) is 28.5 Å². The molecule has 0 radical (unpaired) electrons. The highest BCUT2D eigenvalue weighted by molar-refractivity contribution is 8.24. The third-order valence-corrected chi connectivity index (χ3v) is 4.99. The Bertz CT molecular complexity index is 678. The third-order valence-electron chi connectivity index (χ3n) is 3.50. The first-order valence-corrected chi connectivity index (χ1v) is 8.72. The van der Waals surface area contributed by atoms with Crippen LogP contribution in [0.4, 0.5) is 5.69 Å². The molecule has 1 heterocycles. The monoisotopic (exact) mass is 366 g/mol. The standard InChI is InChI=1S/C16H18N2O4S2/c1-10-14(20)18(16(23)24-10)9-5-8-13(19)17-12-7-4-3-6-11(12)15(21)22-2/h3-4,6-7,10H,5,8-9H2,1-2H3,(H,17,19). The van der Waals surface area contributed by atoms with Crippen molar-refractivity contribution in [2.75, 3.05) is 19.0 Å². The van der Waals surface area contributed by atoms with Gasteiger partial charge in [-0.25, -0.2) is 4.79 Å². The van der Waals surface area contributed by atoms with E-state index in [-0.39, 0.29) is 23.5 Å². The average molecular weight is 366 g/mol. The summed E-state index contributed by atoms with van der Waals surface area (Å²) in [6.45, 7) is 2.23. The number of hydrogen-bond donors (Lipinski definition) is 1. The number of thioether (sulfide) groups is 1. The Morgan fingerprint density at radius 3 is 2.71 bits per heavy atom. The first kappa shape index (κ1) is 18.4. The number of para-hydroxylation sites is 1. The van der Waals surface area contributed by atoms with Gasteiger partial charge in [-0.2, -0.15) is 0 Å². The van der Waals surface area contributed by atoms with Crippen LogP contribution in [-0.4, -0.2) is 45.9 Å². The Morgan fingerprint density at radius 2 is 2.08 bits per heavy atom. The molecule has 1 atom stereocenters. The second kappa shape index (κ2) is 8.25. The molecule has 8 heteroatoms. The van der Waals surface area contributed by atoms with Crippen LogP contribution >= 0.6 is 24.0 Å². The number of nitrogens with zero attached hydrogens (tertiary/aromatic N) is 1. The Morgan fingerprint density at radius 1 is 1.38 bits per heavy atom. The number of rotatable bonds is 6. The van der Waals surface area contributed by atoms with Crippen LogP contribution in [0.3, 0.4) is 0 Å². The van der Waals surface area contributed by atoms with Crippen molar-refractivity contribution in [3.05, 3.63) is 29.8 Å². The molecule has 1 saturated heterocycles. The Hall–Kier alpha value is -1.93. The molecular formula is C16H18N2O4S2. The van der Waals surface area contributed by atoms with E-state index in [1.807, 2.05) is 6.92 Å². The number of esters is 1. The van der Waals surface area contributed by atoms with Gasteiger partial charge in [0.15, 0.2) is 0 Å². The zero-order valence-electron chi connectivity index (χ0n) is 13.4. The van der Waals surface area contributed by atoms with E-state index in [2.05, 4.69) is 10.1 Å². The molecule has 1 aromatic carbocycles. The molecule has 0 spiro atoms. The van der Waals surface area contributed by atoms with E-state index >= 15 is 0 Å². The lowest BCUT2D eigenvalue weighted by molar-refractivity contribution is -0.126. The molecule has 0 saturated carbocycles. The highest BCUT2D eigenvalue weighted by Crippen LogP contribution is 2.27. The molecule has 24 heavy (non-hydrogen) atoms. The van der Waals surface area contributed by atoms with Gasteiger partial charge >= 0.3 is 5.97 Å². The van der Waals surface area contributed by atoms with E-state index in [1.165, 1.54) is 18.9 Å². The minimum absolute atomic E-state index is 0.0126. The first-order valence-electron chi connectivity index (χ1n) is 7.43. The molecule has 2 amide bonds. The van der Waals surface area contributed by atoms with Gasteiger partial charge in [0.05, 0.1) is 23.6 Å². The Labute approximate surface area is 149 Å². The molecule has 1 aliphatic rings. The van der Waals surface area contributed by atoms with E-state index < -0.39 is 5.97 Å². The van der Waals surface area contributed by atoms with Crippen molar-refractivity contribution in [1.29, 1.82) is 0 Å². The van der Waals surface area contributed by atoms with Crippen molar-refractivity contribution in [1.82, 2.24) is 4.90 Å². The fraction of sp³-hybridized carbons (Fsp3) is 0.375. The predicted molar refractivity (Wildman–Crippen MR) is 97.0 cm³/mol. The van der Waals surface area contributed by atoms with Crippen LogP contribution in [0.1, 0.15) is 30.1 Å². The molecule has 6 nitrogen and oxygen atoms in total. The molecule has 2 rings (SSSR count). The van der Waals surface area contributed by atoms with Gasteiger partial charge in [0.1, 0.15) is 4.32 Å². The summed E-state index contributed by atoms with van der Waals surface area (Å²) in [5, 5.41) is 2.55. The molecular weight excluding hydrogens is 348 g/mol. The number of amides is 2. The zero-order chi connectivity index (χ0) is 17.7. The minimum Gasteiger partial charge on any atom is -0.465 e. The van der Waals surface area contributed by atoms with Crippen LogP contribution < -0.4 is 5.32 Å². The van der Waals surface area contributed by atoms with Crippen LogP contribution in [0.15, 0.2) is 24.3 Å². The lowest BCUT2D eigenvalue weighted by atomic mass is 10.1. The average Bonchev–Trinajstić information content (AvgIpc) is 2.80. The maximum atomic E-state index is 12.1. The summed E-state index contributed by atoms with van der Waals surface area (Å²) in [7, 11) is 1.29. The number of nitrogens with one attached hydrogen (secondary N) is 1. The van der Waals surface area contributed by atoms with Crippen LogP contribution in [0, 0.1) is 0 Å². The lowest BCUT2D eigenvalue weighted by Crippen LogP contribution is -2.32. The number of carbonyl (C=O) groups is 3.